The van der Waals surface area contributed by atoms with Crippen LogP contribution in [0.4, 0.5) is 5.69 Å². The molecule has 0 radical (unpaired) electrons. The van der Waals surface area contributed by atoms with Crippen LogP contribution in [0, 0.1) is 10.1 Å². The van der Waals surface area contributed by atoms with Gasteiger partial charge in [-0.05, 0) is 17.7 Å². The summed E-state index contributed by atoms with van der Waals surface area (Å²) in [7, 11) is -3.67. The molecular formula is C15H13N3O5S. The maximum Gasteiger partial charge on any atom is 0.269 e. The summed E-state index contributed by atoms with van der Waals surface area (Å²) in [5, 5.41) is 15.2. The lowest BCUT2D eigenvalue weighted by Crippen LogP contribution is -2.24. The molecule has 0 aliphatic rings. The topological polar surface area (TPSA) is 115 Å². The molecule has 0 bridgehead atoms. The molecule has 1 N–H and O–H groups in total. The van der Waals surface area contributed by atoms with Crippen molar-refractivity contribution in [3.8, 4) is 0 Å². The second-order valence-electron chi connectivity index (χ2n) is 5.13. The standard InChI is InChI=1S/C15H13N3O5S/c19-18(20)12-5-3-4-11(8-12)9-16-24(21,22)10-14-13-6-1-2-7-15(13)23-17-14/h1-8,16H,9-10H2. The number of nitro benzene ring substituents is 1. The molecule has 0 aliphatic carbocycles. The lowest BCUT2D eigenvalue weighted by atomic mass is 10.2. The van der Waals surface area contributed by atoms with Gasteiger partial charge in [0.2, 0.25) is 10.0 Å². The largest absolute Gasteiger partial charge is 0.356 e. The molecule has 0 saturated heterocycles. The highest BCUT2D eigenvalue weighted by Gasteiger charge is 2.17. The Bertz CT molecular complexity index is 997. The van der Waals surface area contributed by atoms with Crippen LogP contribution >= 0.6 is 0 Å². The maximum atomic E-state index is 12.2. The third kappa shape index (κ3) is 3.58. The van der Waals surface area contributed by atoms with Crippen LogP contribution in [0.1, 0.15) is 11.3 Å². The molecule has 0 aliphatic heterocycles. The average molecular weight is 347 g/mol. The van der Waals surface area contributed by atoms with Crippen molar-refractivity contribution in [1.29, 1.82) is 0 Å². The Morgan fingerprint density at radius 1 is 1.17 bits per heavy atom. The van der Waals surface area contributed by atoms with Crippen molar-refractivity contribution in [2.24, 2.45) is 0 Å². The molecule has 0 unspecified atom stereocenters. The average Bonchev–Trinajstić information content (AvgIpc) is 2.96. The molecule has 8 nitrogen and oxygen atoms in total. The number of hydrogen-bond acceptors (Lipinski definition) is 6. The summed E-state index contributed by atoms with van der Waals surface area (Å²) >= 11 is 0. The van der Waals surface area contributed by atoms with Gasteiger partial charge in [-0.25, -0.2) is 13.1 Å². The first-order valence-corrected chi connectivity index (χ1v) is 8.64. The number of fused-ring (bicyclic) bond motifs is 1. The Hall–Kier alpha value is -2.78. The third-order valence-electron chi connectivity index (χ3n) is 3.40. The van der Waals surface area contributed by atoms with E-state index in [9.17, 15) is 18.5 Å². The van der Waals surface area contributed by atoms with Gasteiger partial charge < -0.3 is 4.52 Å². The molecule has 3 aromatic rings. The van der Waals surface area contributed by atoms with E-state index in [4.69, 9.17) is 4.52 Å². The SMILES string of the molecule is O=[N+]([O-])c1cccc(CNS(=O)(=O)Cc2noc3ccccc23)c1. The zero-order valence-corrected chi connectivity index (χ0v) is 13.2. The van der Waals surface area contributed by atoms with E-state index >= 15 is 0 Å². The van der Waals surface area contributed by atoms with Crippen molar-refractivity contribution >= 4 is 26.7 Å². The number of nitro groups is 1. The number of hydrogen-bond donors (Lipinski definition) is 1. The Labute approximate surface area is 137 Å². The van der Waals surface area contributed by atoms with Crippen LogP contribution in [0.15, 0.2) is 53.1 Å². The van der Waals surface area contributed by atoms with Gasteiger partial charge in [-0.15, -0.1) is 0 Å². The lowest BCUT2D eigenvalue weighted by molar-refractivity contribution is -0.384. The minimum Gasteiger partial charge on any atom is -0.356 e. The van der Waals surface area contributed by atoms with Gasteiger partial charge in [0, 0.05) is 24.1 Å². The zero-order valence-electron chi connectivity index (χ0n) is 12.4. The summed E-state index contributed by atoms with van der Waals surface area (Å²) in [5.41, 5.74) is 1.24. The number of rotatable bonds is 6. The number of sulfonamides is 1. The summed E-state index contributed by atoms with van der Waals surface area (Å²) in [4.78, 5) is 10.2. The molecule has 24 heavy (non-hydrogen) atoms. The lowest BCUT2D eigenvalue weighted by Gasteiger charge is -2.05. The normalized spacial score (nSPS) is 11.7. The van der Waals surface area contributed by atoms with Crippen LogP contribution in [0.5, 0.6) is 0 Å². The molecule has 0 spiro atoms. The van der Waals surface area contributed by atoms with Gasteiger partial charge in [0.25, 0.3) is 5.69 Å². The van der Waals surface area contributed by atoms with Crippen molar-refractivity contribution in [2.75, 3.05) is 0 Å². The highest BCUT2D eigenvalue weighted by Crippen LogP contribution is 2.19. The second-order valence-corrected chi connectivity index (χ2v) is 6.94. The second kappa shape index (κ2) is 6.38. The zero-order chi connectivity index (χ0) is 17.2. The Morgan fingerprint density at radius 3 is 2.75 bits per heavy atom. The summed E-state index contributed by atoms with van der Waals surface area (Å²) < 4.78 is 31.9. The van der Waals surface area contributed by atoms with Crippen LogP contribution in [0.25, 0.3) is 11.0 Å². The van der Waals surface area contributed by atoms with Gasteiger partial charge >= 0.3 is 0 Å². The molecule has 0 saturated carbocycles. The number of aromatic nitrogens is 1. The molecule has 0 amide bonds. The van der Waals surface area contributed by atoms with E-state index in [-0.39, 0.29) is 18.0 Å². The summed E-state index contributed by atoms with van der Waals surface area (Å²) in [6.07, 6.45) is 0. The highest BCUT2D eigenvalue weighted by atomic mass is 32.2. The van der Waals surface area contributed by atoms with Gasteiger partial charge in [0.1, 0.15) is 11.4 Å². The van der Waals surface area contributed by atoms with Gasteiger partial charge in [-0.1, -0.05) is 29.4 Å². The summed E-state index contributed by atoms with van der Waals surface area (Å²) in [5.74, 6) is -0.334. The summed E-state index contributed by atoms with van der Waals surface area (Å²) in [6.45, 7) is -0.0419. The predicted octanol–water partition coefficient (Wildman–Crippen LogP) is 2.36. The molecule has 0 atom stereocenters. The van der Waals surface area contributed by atoms with E-state index in [0.29, 0.717) is 22.2 Å². The fourth-order valence-corrected chi connectivity index (χ4v) is 3.30. The first-order chi connectivity index (χ1) is 11.4. The van der Waals surface area contributed by atoms with Gasteiger partial charge in [-0.2, -0.15) is 0 Å². The number of para-hydroxylation sites is 1. The minimum atomic E-state index is -3.67. The Morgan fingerprint density at radius 2 is 1.96 bits per heavy atom. The Kier molecular flexibility index (Phi) is 4.28. The van der Waals surface area contributed by atoms with Crippen LogP contribution in [-0.2, 0) is 22.3 Å². The summed E-state index contributed by atoms with van der Waals surface area (Å²) in [6, 6.07) is 12.8. The number of non-ortho nitro benzene ring substituents is 1. The minimum absolute atomic E-state index is 0.0419. The molecule has 124 valence electrons. The molecule has 1 heterocycles. The van der Waals surface area contributed by atoms with Crippen molar-refractivity contribution in [1.82, 2.24) is 9.88 Å². The Balaban J connectivity index is 1.72. The predicted molar refractivity (Wildman–Crippen MR) is 86.6 cm³/mol. The van der Waals surface area contributed by atoms with Gasteiger partial charge in [0.05, 0.1) is 4.92 Å². The van der Waals surface area contributed by atoms with Crippen LogP contribution in [0.3, 0.4) is 0 Å². The molecule has 9 heteroatoms. The monoisotopic (exact) mass is 347 g/mol. The van der Waals surface area contributed by atoms with Crippen molar-refractivity contribution in [2.45, 2.75) is 12.3 Å². The first-order valence-electron chi connectivity index (χ1n) is 6.98. The number of nitrogens with zero attached hydrogens (tertiary/aromatic N) is 2. The fraction of sp³-hybridized carbons (Fsp3) is 0.133. The van der Waals surface area contributed by atoms with E-state index in [0.717, 1.165) is 0 Å². The van der Waals surface area contributed by atoms with Crippen LogP contribution in [-0.4, -0.2) is 18.5 Å². The van der Waals surface area contributed by atoms with E-state index in [1.807, 2.05) is 0 Å². The molecule has 3 rings (SSSR count). The van der Waals surface area contributed by atoms with E-state index in [2.05, 4.69) is 9.88 Å². The van der Waals surface area contributed by atoms with Crippen molar-refractivity contribution in [3.05, 3.63) is 69.9 Å². The highest BCUT2D eigenvalue weighted by molar-refractivity contribution is 7.88. The molecule has 0 fully saturated rings. The first kappa shape index (κ1) is 16.1. The van der Waals surface area contributed by atoms with Gasteiger partial charge in [-0.3, -0.25) is 10.1 Å². The smallest absolute Gasteiger partial charge is 0.269 e. The van der Waals surface area contributed by atoms with Crippen LogP contribution < -0.4 is 4.72 Å². The van der Waals surface area contributed by atoms with E-state index < -0.39 is 14.9 Å². The van der Waals surface area contributed by atoms with Crippen molar-refractivity contribution < 1.29 is 17.9 Å². The van der Waals surface area contributed by atoms with E-state index in [1.165, 1.54) is 18.2 Å². The van der Waals surface area contributed by atoms with E-state index in [1.54, 1.807) is 30.3 Å². The fourth-order valence-electron chi connectivity index (χ4n) is 2.25. The van der Waals surface area contributed by atoms with Crippen LogP contribution in [0.2, 0.25) is 0 Å². The van der Waals surface area contributed by atoms with Crippen molar-refractivity contribution in [3.63, 3.8) is 0 Å². The molecule has 2 aromatic carbocycles. The molecular weight excluding hydrogens is 334 g/mol. The van der Waals surface area contributed by atoms with Gasteiger partial charge in [0.15, 0.2) is 5.58 Å². The third-order valence-corrected chi connectivity index (χ3v) is 4.63. The number of benzene rings is 2. The molecule has 1 aromatic heterocycles. The number of nitrogens with one attached hydrogen (secondary N) is 1. The maximum absolute atomic E-state index is 12.2. The quantitative estimate of drug-likeness (QED) is 0.540.